The molecule has 12 atom stereocenters. The lowest BCUT2D eigenvalue weighted by molar-refractivity contribution is -0.195. The van der Waals surface area contributed by atoms with E-state index in [0.29, 0.717) is 44.9 Å². The van der Waals surface area contributed by atoms with Crippen LogP contribution in [0.15, 0.2) is 102 Å². The smallest absolute Gasteiger partial charge is 0.462 e. The number of rotatable bonds is 23. The standard InChI is InChI=1S/C54H85N3O18P2/c1-3-5-7-8-9-10-11-12-13-14-15-16-17-18-19-20-21-22-27-31-49(61)70-38-42-39-71-76(66,67)75-77(68,69)72-40-47-52(64)51(63)43(34-33-41(58)29-25-6-4-2)45(59)37-46(60)44(30-26-23-24-28-32-50(62)73-42)53(74-47)57-36-35-48(55)56-54(57)65/h5,7,9-10,12-13,15-16,18-19,21-22,33-36,41-47,51-53,58-60,63-64H,3-4,6,8,11,14,17,20,23-32,37-40H2,1-2H3,(H,66,67)(H,68,69)(H2,55,56,65)/b7-5-,10-9-,13-12-,16-15-,19-18-,22-21-,34-33-/t41-,42+,43-,44-,45+,46-,47+,51-,52+,53+/m0/s1. The van der Waals surface area contributed by atoms with Crippen molar-refractivity contribution < 1.29 is 81.6 Å². The molecule has 9 N–H and O–H groups in total. The number of aromatic nitrogens is 2. The molecular formula is C54H85N3O18P2. The number of ether oxygens (including phenoxy) is 3. The van der Waals surface area contributed by atoms with Crippen LogP contribution < -0.4 is 11.4 Å². The fourth-order valence-corrected chi connectivity index (χ4v) is 10.5. The van der Waals surface area contributed by atoms with Crippen molar-refractivity contribution in [3.8, 4) is 0 Å². The summed E-state index contributed by atoms with van der Waals surface area (Å²) in [7, 11) is -11.3. The molecule has 77 heavy (non-hydrogen) atoms. The minimum Gasteiger partial charge on any atom is -0.462 e. The highest BCUT2D eigenvalue weighted by molar-refractivity contribution is 7.61. The van der Waals surface area contributed by atoms with Gasteiger partial charge in [-0.25, -0.2) is 13.9 Å². The maximum atomic E-state index is 13.4. The first-order chi connectivity index (χ1) is 36.9. The van der Waals surface area contributed by atoms with Crippen molar-refractivity contribution >= 4 is 33.4 Å². The first kappa shape index (κ1) is 67.1. The molecule has 0 aliphatic carbocycles. The summed E-state index contributed by atoms with van der Waals surface area (Å²) in [6.45, 7) is 1.36. The third kappa shape index (κ3) is 28.0. The highest BCUT2D eigenvalue weighted by Gasteiger charge is 2.45. The third-order valence-corrected chi connectivity index (χ3v) is 15.2. The van der Waals surface area contributed by atoms with Gasteiger partial charge in [-0.2, -0.15) is 9.29 Å². The number of cyclic esters (lactones) is 1. The van der Waals surface area contributed by atoms with E-state index in [1.807, 2.05) is 31.2 Å². The SMILES string of the molecule is CC/C=C\C/C=C\C/C=C\C/C=C\C/C=C\C/C=C\CCC(=O)OC[C@@H]1COP(=O)(O)OP(=O)(O)OC[C@H]2O[C@@H](n3ccc(N)nc3=O)[C@@H](CCCCCCC(=O)O1)[C@@H](O)C[C@@H](O)[C@H](/C=C\[C@@H](O)CCCCC)[C@H](O)[C@@H]2O. The second-order valence-corrected chi connectivity index (χ2v) is 22.0. The van der Waals surface area contributed by atoms with Crippen LogP contribution in [-0.2, 0) is 46.3 Å². The minimum absolute atomic E-state index is 0.0425. The van der Waals surface area contributed by atoms with Gasteiger partial charge in [0.1, 0.15) is 30.9 Å². The van der Waals surface area contributed by atoms with Gasteiger partial charge in [0.15, 0.2) is 6.10 Å². The lowest BCUT2D eigenvalue weighted by Gasteiger charge is -2.41. The fraction of sp³-hybridized carbons (Fsp3) is 0.630. The van der Waals surface area contributed by atoms with Crippen LogP contribution in [0.4, 0.5) is 5.82 Å². The van der Waals surface area contributed by atoms with Gasteiger partial charge in [-0.05, 0) is 70.3 Å². The van der Waals surface area contributed by atoms with Crippen molar-refractivity contribution in [1.82, 2.24) is 9.55 Å². The summed E-state index contributed by atoms with van der Waals surface area (Å²) in [5.41, 5.74) is 4.81. The normalized spacial score (nSPS) is 29.8. The summed E-state index contributed by atoms with van der Waals surface area (Å²) in [5, 5.41) is 57.5. The highest BCUT2D eigenvalue weighted by Crippen LogP contribution is 2.60. The van der Waals surface area contributed by atoms with E-state index in [1.165, 1.54) is 24.4 Å². The number of carbonyl (C=O) groups excluding carboxylic acids is 2. The highest BCUT2D eigenvalue weighted by atomic mass is 31.3. The molecule has 2 saturated heterocycles. The number of phosphoric ester groups is 2. The van der Waals surface area contributed by atoms with E-state index in [9.17, 15) is 58.8 Å². The summed E-state index contributed by atoms with van der Waals surface area (Å²) in [4.78, 5) is 64.2. The number of unbranched alkanes of at least 4 members (excludes halogenated alkanes) is 2. The second-order valence-electron chi connectivity index (χ2n) is 19.0. The molecule has 2 aliphatic heterocycles. The summed E-state index contributed by atoms with van der Waals surface area (Å²) in [6, 6.07) is 1.26. The topological polar surface area (TPSA) is 326 Å². The minimum atomic E-state index is -5.71. The number of aliphatic hydroxyl groups is 5. The van der Waals surface area contributed by atoms with Crippen LogP contribution in [0.5, 0.6) is 0 Å². The van der Waals surface area contributed by atoms with Crippen molar-refractivity contribution in [2.45, 2.75) is 185 Å². The Hall–Kier alpha value is -4.18. The Kier molecular flexibility index (Phi) is 32.8. The lowest BCUT2D eigenvalue weighted by Crippen LogP contribution is -2.52. The van der Waals surface area contributed by atoms with E-state index >= 15 is 0 Å². The van der Waals surface area contributed by atoms with Crippen LogP contribution in [0.3, 0.4) is 0 Å². The van der Waals surface area contributed by atoms with Gasteiger partial charge in [-0.15, -0.1) is 0 Å². The number of nitrogens with zero attached hydrogens (tertiary/aromatic N) is 2. The maximum Gasteiger partial charge on any atom is 0.481 e. The van der Waals surface area contributed by atoms with E-state index in [2.05, 4.69) is 64.8 Å². The Morgan fingerprint density at radius 3 is 2.03 bits per heavy atom. The van der Waals surface area contributed by atoms with Gasteiger partial charge < -0.3 is 55.3 Å². The number of carbonyl (C=O) groups is 2. The van der Waals surface area contributed by atoms with Crippen LogP contribution in [0.2, 0.25) is 0 Å². The Bertz CT molecular complexity index is 2250. The van der Waals surface area contributed by atoms with Crippen molar-refractivity contribution in [2.24, 2.45) is 11.8 Å². The molecular weight excluding hydrogens is 1040 g/mol. The quantitative estimate of drug-likeness (QED) is 0.0224. The van der Waals surface area contributed by atoms with Crippen LogP contribution in [0.1, 0.15) is 142 Å². The van der Waals surface area contributed by atoms with Crippen molar-refractivity contribution in [3.63, 3.8) is 0 Å². The lowest BCUT2D eigenvalue weighted by atomic mass is 9.82. The van der Waals surface area contributed by atoms with Gasteiger partial charge >= 0.3 is 33.3 Å². The zero-order valence-electron chi connectivity index (χ0n) is 44.6. The number of hydrogen-bond donors (Lipinski definition) is 8. The molecule has 1 aromatic rings. The summed E-state index contributed by atoms with van der Waals surface area (Å²) >= 11 is 0. The Morgan fingerprint density at radius 2 is 1.42 bits per heavy atom. The van der Waals surface area contributed by atoms with Gasteiger partial charge in [-0.1, -0.05) is 137 Å². The fourth-order valence-electron chi connectivity index (χ4n) is 8.35. The van der Waals surface area contributed by atoms with E-state index < -0.39 is 120 Å². The van der Waals surface area contributed by atoms with Gasteiger partial charge in [0.2, 0.25) is 0 Å². The second kappa shape index (κ2) is 37.6. The molecule has 2 bridgehead atoms. The Balaban J connectivity index is 1.72. The first-order valence-electron chi connectivity index (χ1n) is 26.9. The number of nitrogen functional groups attached to an aromatic ring is 1. The Morgan fingerprint density at radius 1 is 0.818 bits per heavy atom. The molecule has 0 spiro atoms. The zero-order valence-corrected chi connectivity index (χ0v) is 46.3. The molecule has 3 rings (SSSR count). The molecule has 0 aromatic carbocycles. The third-order valence-electron chi connectivity index (χ3n) is 12.6. The Labute approximate surface area is 453 Å². The summed E-state index contributed by atoms with van der Waals surface area (Å²) in [6.07, 6.45) is 24.8. The average Bonchev–Trinajstić information content (AvgIpc) is 3.37. The van der Waals surface area contributed by atoms with Crippen molar-refractivity contribution in [1.29, 1.82) is 0 Å². The molecule has 0 radical (unpaired) electrons. The van der Waals surface area contributed by atoms with Crippen LogP contribution >= 0.6 is 15.6 Å². The number of allylic oxidation sites excluding steroid dienone is 12. The molecule has 0 saturated carbocycles. The van der Waals surface area contributed by atoms with Crippen LogP contribution in [-0.4, -0.2) is 119 Å². The maximum absolute atomic E-state index is 13.4. The molecule has 21 nitrogen and oxygen atoms in total. The molecule has 0 amide bonds. The molecule has 3 heterocycles. The molecule has 23 heteroatoms. The largest absolute Gasteiger partial charge is 0.481 e. The van der Waals surface area contributed by atoms with Gasteiger partial charge in [0, 0.05) is 37.3 Å². The molecule has 2 unspecified atom stereocenters. The molecule has 2 aliphatic rings. The number of fused-ring (bicyclic) bond motifs is 3. The van der Waals surface area contributed by atoms with E-state index in [1.54, 1.807) is 0 Å². The molecule has 2 fully saturated rings. The number of anilines is 1. The number of esters is 2. The average molecular weight is 1130 g/mol. The van der Waals surface area contributed by atoms with Crippen molar-refractivity contribution in [3.05, 3.63) is 108 Å². The number of aliphatic hydroxyl groups excluding tert-OH is 5. The number of phosphoric acid groups is 2. The summed E-state index contributed by atoms with van der Waals surface area (Å²) in [5.74, 6) is -4.10. The monoisotopic (exact) mass is 1130 g/mol. The van der Waals surface area contributed by atoms with Crippen molar-refractivity contribution in [2.75, 3.05) is 25.6 Å². The van der Waals surface area contributed by atoms with E-state index in [-0.39, 0.29) is 31.5 Å². The number of hydrogen-bond acceptors (Lipinski definition) is 18. The predicted molar refractivity (Wildman–Crippen MR) is 290 cm³/mol. The number of nitrogens with two attached hydrogens (primary N) is 1. The zero-order chi connectivity index (χ0) is 56.5. The van der Waals surface area contributed by atoms with Gasteiger partial charge in [0.25, 0.3) is 0 Å². The predicted octanol–water partition coefficient (Wildman–Crippen LogP) is 7.82. The molecule has 1 aromatic heterocycles. The van der Waals surface area contributed by atoms with E-state index in [4.69, 9.17) is 29.0 Å². The van der Waals surface area contributed by atoms with Crippen LogP contribution in [0.25, 0.3) is 0 Å². The van der Waals surface area contributed by atoms with Gasteiger partial charge in [0.05, 0.1) is 37.6 Å². The first-order valence-corrected chi connectivity index (χ1v) is 29.8. The summed E-state index contributed by atoms with van der Waals surface area (Å²) < 4.78 is 59.1. The molecule has 434 valence electrons. The van der Waals surface area contributed by atoms with Gasteiger partial charge in [-0.3, -0.25) is 23.2 Å². The van der Waals surface area contributed by atoms with Crippen LogP contribution in [0, 0.1) is 11.8 Å². The van der Waals surface area contributed by atoms with E-state index in [0.717, 1.165) is 49.5 Å².